The molecule has 2 heteroatoms. The van der Waals surface area contributed by atoms with Gasteiger partial charge in [0.1, 0.15) is 0 Å². The molecular weight excluding hydrogens is 242 g/mol. The number of rotatable bonds is 0. The van der Waals surface area contributed by atoms with E-state index in [2.05, 4.69) is 53.1 Å². The predicted octanol–water partition coefficient (Wildman–Crippen LogP) is 4.90. The summed E-state index contributed by atoms with van der Waals surface area (Å²) >= 11 is 6.26. The molecule has 0 atom stereocenters. The molecule has 0 radical (unpaired) electrons. The minimum Gasteiger partial charge on any atom is -0.315 e. The van der Waals surface area contributed by atoms with E-state index in [0.29, 0.717) is 0 Å². The highest BCUT2D eigenvalue weighted by Gasteiger charge is 2.07. The van der Waals surface area contributed by atoms with E-state index in [-0.39, 0.29) is 0 Å². The molecule has 0 aliphatic carbocycles. The van der Waals surface area contributed by atoms with E-state index in [9.17, 15) is 0 Å². The number of hydrogen-bond acceptors (Lipinski definition) is 0. The Bertz CT molecular complexity index is 889. The Hall–Kier alpha value is -1.99. The van der Waals surface area contributed by atoms with Crippen LogP contribution in [0.4, 0.5) is 0 Å². The van der Waals surface area contributed by atoms with Crippen molar-refractivity contribution < 1.29 is 0 Å². The van der Waals surface area contributed by atoms with Crippen molar-refractivity contribution in [3.8, 4) is 0 Å². The fraction of sp³-hybridized carbons (Fsp3) is 0. The monoisotopic (exact) mass is 251 g/mol. The topological polar surface area (TPSA) is 4.41 Å². The van der Waals surface area contributed by atoms with Gasteiger partial charge in [0.05, 0.1) is 16.1 Å². The lowest BCUT2D eigenvalue weighted by molar-refractivity contribution is 1.25. The summed E-state index contributed by atoms with van der Waals surface area (Å²) in [5.74, 6) is 0. The lowest BCUT2D eigenvalue weighted by Crippen LogP contribution is -1.82. The third-order valence-corrected chi connectivity index (χ3v) is 3.79. The molecule has 0 amide bonds. The lowest BCUT2D eigenvalue weighted by Gasteiger charge is -2.00. The normalized spacial score (nSPS) is 11.6. The number of pyridine rings is 1. The maximum absolute atomic E-state index is 6.26. The predicted molar refractivity (Wildman–Crippen MR) is 77.4 cm³/mol. The van der Waals surface area contributed by atoms with E-state index in [1.165, 1.54) is 21.7 Å². The first-order valence-electron chi connectivity index (χ1n) is 5.92. The van der Waals surface area contributed by atoms with E-state index in [1.807, 2.05) is 12.1 Å². The first-order valence-corrected chi connectivity index (χ1v) is 6.29. The fourth-order valence-electron chi connectivity index (χ4n) is 2.63. The summed E-state index contributed by atoms with van der Waals surface area (Å²) in [5, 5.41) is 4.57. The van der Waals surface area contributed by atoms with Crippen LogP contribution in [0.1, 0.15) is 0 Å². The van der Waals surface area contributed by atoms with Gasteiger partial charge in [-0.05, 0) is 35.0 Å². The van der Waals surface area contributed by atoms with Gasteiger partial charge in [-0.25, -0.2) is 0 Å². The lowest BCUT2D eigenvalue weighted by atomic mass is 10.1. The van der Waals surface area contributed by atoms with Gasteiger partial charge < -0.3 is 4.40 Å². The molecule has 1 nitrogen and oxygen atoms in total. The Morgan fingerprint density at radius 2 is 1.67 bits per heavy atom. The first kappa shape index (κ1) is 9.98. The molecule has 2 aromatic carbocycles. The highest BCUT2D eigenvalue weighted by molar-refractivity contribution is 6.34. The quantitative estimate of drug-likeness (QED) is 0.419. The smallest absolute Gasteiger partial charge is 0.0649 e. The van der Waals surface area contributed by atoms with Crippen LogP contribution in [0, 0.1) is 0 Å². The van der Waals surface area contributed by atoms with Crippen molar-refractivity contribution in [2.75, 3.05) is 0 Å². The van der Waals surface area contributed by atoms with Crippen LogP contribution in [-0.2, 0) is 0 Å². The standard InChI is InChI=1S/C16H10ClN/c17-14-6-3-9-18-15-8-7-11-4-1-2-5-12(11)13(15)10-16(14)18/h1-10H. The molecule has 4 aromatic rings. The summed E-state index contributed by atoms with van der Waals surface area (Å²) < 4.78 is 2.14. The van der Waals surface area contributed by atoms with Crippen LogP contribution < -0.4 is 0 Å². The third-order valence-electron chi connectivity index (χ3n) is 3.47. The van der Waals surface area contributed by atoms with Gasteiger partial charge in [-0.3, -0.25) is 0 Å². The van der Waals surface area contributed by atoms with Gasteiger partial charge in [0.2, 0.25) is 0 Å². The van der Waals surface area contributed by atoms with Crippen LogP contribution in [0.15, 0.2) is 60.8 Å². The second-order valence-corrected chi connectivity index (χ2v) is 4.88. The molecule has 0 fully saturated rings. The summed E-state index contributed by atoms with van der Waals surface area (Å²) in [6, 6.07) is 18.8. The third kappa shape index (κ3) is 1.22. The minimum atomic E-state index is 0.790. The van der Waals surface area contributed by atoms with Crippen molar-refractivity contribution in [1.82, 2.24) is 4.40 Å². The van der Waals surface area contributed by atoms with Crippen LogP contribution in [0.25, 0.3) is 27.2 Å². The summed E-state index contributed by atoms with van der Waals surface area (Å²) in [4.78, 5) is 0. The molecular formula is C16H10ClN. The van der Waals surface area contributed by atoms with Crippen molar-refractivity contribution in [1.29, 1.82) is 0 Å². The molecule has 0 aliphatic rings. The molecule has 0 saturated heterocycles. The molecule has 0 saturated carbocycles. The molecule has 86 valence electrons. The van der Waals surface area contributed by atoms with Gasteiger partial charge in [0.25, 0.3) is 0 Å². The molecule has 18 heavy (non-hydrogen) atoms. The van der Waals surface area contributed by atoms with Gasteiger partial charge >= 0.3 is 0 Å². The Kier molecular flexibility index (Phi) is 1.94. The van der Waals surface area contributed by atoms with E-state index >= 15 is 0 Å². The van der Waals surface area contributed by atoms with E-state index < -0.39 is 0 Å². The molecule has 0 aliphatic heterocycles. The summed E-state index contributed by atoms with van der Waals surface area (Å²) in [5.41, 5.74) is 2.26. The number of hydrogen-bond donors (Lipinski definition) is 0. The molecule has 0 N–H and O–H groups in total. The number of fused-ring (bicyclic) bond motifs is 5. The Balaban J connectivity index is 2.33. The van der Waals surface area contributed by atoms with Crippen molar-refractivity contribution >= 4 is 38.8 Å². The zero-order chi connectivity index (χ0) is 12.1. The average Bonchev–Trinajstić information content (AvgIpc) is 2.79. The highest BCUT2D eigenvalue weighted by atomic mass is 35.5. The van der Waals surface area contributed by atoms with Crippen molar-refractivity contribution in [3.05, 3.63) is 65.8 Å². The minimum absolute atomic E-state index is 0.790. The van der Waals surface area contributed by atoms with Gasteiger partial charge in [0.15, 0.2) is 0 Å². The SMILES string of the molecule is Clc1cccn2c1cc1c3ccccc3ccc12. The summed E-state index contributed by atoms with van der Waals surface area (Å²) in [6.07, 6.45) is 2.05. The molecule has 2 heterocycles. The van der Waals surface area contributed by atoms with E-state index in [0.717, 1.165) is 10.5 Å². The zero-order valence-electron chi connectivity index (χ0n) is 9.60. The van der Waals surface area contributed by atoms with Crippen LogP contribution in [-0.4, -0.2) is 4.40 Å². The van der Waals surface area contributed by atoms with Crippen molar-refractivity contribution in [3.63, 3.8) is 0 Å². The van der Waals surface area contributed by atoms with Crippen molar-refractivity contribution in [2.45, 2.75) is 0 Å². The van der Waals surface area contributed by atoms with Crippen LogP contribution >= 0.6 is 11.6 Å². The van der Waals surface area contributed by atoms with Crippen LogP contribution in [0.3, 0.4) is 0 Å². The maximum Gasteiger partial charge on any atom is 0.0649 e. The van der Waals surface area contributed by atoms with Gasteiger partial charge in [-0.15, -0.1) is 0 Å². The average molecular weight is 252 g/mol. The molecule has 0 unspecified atom stereocenters. The van der Waals surface area contributed by atoms with Crippen molar-refractivity contribution in [2.24, 2.45) is 0 Å². The zero-order valence-corrected chi connectivity index (χ0v) is 10.4. The van der Waals surface area contributed by atoms with E-state index in [4.69, 9.17) is 11.6 Å². The molecule has 2 aromatic heterocycles. The Morgan fingerprint density at radius 1 is 0.778 bits per heavy atom. The highest BCUT2D eigenvalue weighted by Crippen LogP contribution is 2.30. The Morgan fingerprint density at radius 3 is 2.61 bits per heavy atom. The number of halogens is 1. The van der Waals surface area contributed by atoms with Crippen LogP contribution in [0.5, 0.6) is 0 Å². The van der Waals surface area contributed by atoms with E-state index in [1.54, 1.807) is 0 Å². The second-order valence-electron chi connectivity index (χ2n) is 4.48. The fourth-order valence-corrected chi connectivity index (χ4v) is 2.84. The number of nitrogens with zero attached hydrogens (tertiary/aromatic N) is 1. The van der Waals surface area contributed by atoms with Gasteiger partial charge in [0, 0.05) is 11.6 Å². The maximum atomic E-state index is 6.26. The summed E-state index contributed by atoms with van der Waals surface area (Å²) in [6.45, 7) is 0. The molecule has 4 rings (SSSR count). The molecule has 0 bridgehead atoms. The van der Waals surface area contributed by atoms with Gasteiger partial charge in [-0.1, -0.05) is 41.9 Å². The largest absolute Gasteiger partial charge is 0.315 e. The van der Waals surface area contributed by atoms with Gasteiger partial charge in [-0.2, -0.15) is 0 Å². The Labute approximate surface area is 109 Å². The molecule has 0 spiro atoms. The first-order chi connectivity index (χ1) is 8.84. The number of aromatic nitrogens is 1. The number of benzene rings is 2. The summed E-state index contributed by atoms with van der Waals surface area (Å²) in [7, 11) is 0. The van der Waals surface area contributed by atoms with Crippen LogP contribution in [0.2, 0.25) is 5.02 Å². The second kappa shape index (κ2) is 3.50.